The molecule has 0 atom stereocenters. The lowest BCUT2D eigenvalue weighted by Gasteiger charge is -2.04. The molecule has 0 aromatic heterocycles. The van der Waals surface area contributed by atoms with Gasteiger partial charge in [0.25, 0.3) is 6.43 Å². The van der Waals surface area contributed by atoms with Gasteiger partial charge in [0.15, 0.2) is 9.84 Å². The Labute approximate surface area is 84.6 Å². The minimum atomic E-state index is -4.17. The third-order valence-electron chi connectivity index (χ3n) is 1.60. The molecule has 7 heteroatoms. The molecule has 0 saturated heterocycles. The van der Waals surface area contributed by atoms with E-state index in [1.54, 1.807) is 0 Å². The number of anilines is 1. The minimum Gasteiger partial charge on any atom is -0.399 e. The molecule has 0 radical (unpaired) electrons. The predicted octanol–water partition coefficient (Wildman–Crippen LogP) is 1.45. The molecule has 0 bridgehead atoms. The molecule has 0 heterocycles. The Morgan fingerprint density at radius 3 is 2.33 bits per heavy atom. The van der Waals surface area contributed by atoms with Gasteiger partial charge in [0, 0.05) is 5.69 Å². The Morgan fingerprint density at radius 1 is 1.27 bits per heavy atom. The highest BCUT2D eigenvalue weighted by Crippen LogP contribution is 2.18. The molecule has 2 N–H and O–H groups in total. The van der Waals surface area contributed by atoms with E-state index in [2.05, 4.69) is 0 Å². The van der Waals surface area contributed by atoms with Crippen molar-refractivity contribution in [3.05, 3.63) is 24.0 Å². The zero-order valence-corrected chi connectivity index (χ0v) is 8.27. The van der Waals surface area contributed by atoms with Crippen LogP contribution in [0, 0.1) is 5.82 Å². The highest BCUT2D eigenvalue weighted by molar-refractivity contribution is 7.91. The number of benzene rings is 1. The second-order valence-electron chi connectivity index (χ2n) is 2.89. The number of halogens is 3. The predicted molar refractivity (Wildman–Crippen MR) is 48.9 cm³/mol. The van der Waals surface area contributed by atoms with E-state index >= 15 is 0 Å². The van der Waals surface area contributed by atoms with Gasteiger partial charge in [-0.25, -0.2) is 21.6 Å². The van der Waals surface area contributed by atoms with Gasteiger partial charge in [0.05, 0.1) is 4.90 Å². The van der Waals surface area contributed by atoms with E-state index in [0.29, 0.717) is 6.07 Å². The Kier molecular flexibility index (Phi) is 3.23. The van der Waals surface area contributed by atoms with Gasteiger partial charge in [-0.15, -0.1) is 0 Å². The molecule has 0 amide bonds. The molecule has 3 nitrogen and oxygen atoms in total. The van der Waals surface area contributed by atoms with Crippen LogP contribution in [0.3, 0.4) is 0 Å². The zero-order valence-electron chi connectivity index (χ0n) is 7.45. The first kappa shape index (κ1) is 11.8. The van der Waals surface area contributed by atoms with Crippen molar-refractivity contribution in [1.82, 2.24) is 0 Å². The van der Waals surface area contributed by atoms with Gasteiger partial charge in [0.2, 0.25) is 0 Å². The first-order valence-electron chi connectivity index (χ1n) is 3.88. The monoisotopic (exact) mass is 239 g/mol. The van der Waals surface area contributed by atoms with E-state index in [1.165, 1.54) is 0 Å². The molecular formula is C8H8F3NO2S. The minimum absolute atomic E-state index is 0.122. The van der Waals surface area contributed by atoms with E-state index in [4.69, 9.17) is 5.73 Å². The Bertz CT molecular complexity index is 439. The number of nitrogen functional groups attached to an aromatic ring is 1. The summed E-state index contributed by atoms with van der Waals surface area (Å²) in [5.74, 6) is -2.21. The van der Waals surface area contributed by atoms with Gasteiger partial charge < -0.3 is 5.73 Å². The molecule has 0 aliphatic rings. The van der Waals surface area contributed by atoms with Crippen molar-refractivity contribution in [3.63, 3.8) is 0 Å². The van der Waals surface area contributed by atoms with E-state index in [9.17, 15) is 21.6 Å². The maximum absolute atomic E-state index is 12.8. The third-order valence-corrected chi connectivity index (χ3v) is 3.24. The molecule has 0 spiro atoms. The average Bonchev–Trinajstić information content (AvgIpc) is 1.99. The normalized spacial score (nSPS) is 12.0. The zero-order chi connectivity index (χ0) is 11.6. The van der Waals surface area contributed by atoms with Gasteiger partial charge in [-0.1, -0.05) is 0 Å². The lowest BCUT2D eigenvalue weighted by atomic mass is 10.3. The first-order chi connectivity index (χ1) is 6.81. The third kappa shape index (κ3) is 3.12. The number of sulfone groups is 1. The summed E-state index contributed by atoms with van der Waals surface area (Å²) in [5.41, 5.74) is 5.07. The summed E-state index contributed by atoms with van der Waals surface area (Å²) in [5, 5.41) is 0. The molecule has 15 heavy (non-hydrogen) atoms. The number of hydrogen-bond donors (Lipinski definition) is 1. The Morgan fingerprint density at radius 2 is 1.87 bits per heavy atom. The van der Waals surface area contributed by atoms with Gasteiger partial charge >= 0.3 is 0 Å². The molecule has 0 saturated carbocycles. The van der Waals surface area contributed by atoms with Crippen LogP contribution in [0.4, 0.5) is 18.9 Å². The van der Waals surface area contributed by atoms with Crippen LogP contribution in [-0.2, 0) is 9.84 Å². The van der Waals surface area contributed by atoms with Crippen LogP contribution in [0.1, 0.15) is 0 Å². The average molecular weight is 239 g/mol. The van der Waals surface area contributed by atoms with Crippen LogP contribution in [0.25, 0.3) is 0 Å². The maximum atomic E-state index is 12.8. The van der Waals surface area contributed by atoms with Crippen molar-refractivity contribution < 1.29 is 21.6 Å². The van der Waals surface area contributed by atoms with Gasteiger partial charge in [-0.2, -0.15) is 0 Å². The molecular weight excluding hydrogens is 231 g/mol. The summed E-state index contributed by atoms with van der Waals surface area (Å²) in [6, 6.07) is 2.51. The Hall–Kier alpha value is -1.24. The summed E-state index contributed by atoms with van der Waals surface area (Å²) >= 11 is 0. The van der Waals surface area contributed by atoms with Crippen molar-refractivity contribution in [2.24, 2.45) is 0 Å². The topological polar surface area (TPSA) is 60.2 Å². The number of nitrogens with two attached hydrogens (primary N) is 1. The van der Waals surface area contributed by atoms with E-state index in [0.717, 1.165) is 12.1 Å². The number of rotatable bonds is 3. The number of hydrogen-bond acceptors (Lipinski definition) is 3. The van der Waals surface area contributed by atoms with Crippen molar-refractivity contribution in [1.29, 1.82) is 0 Å². The fourth-order valence-corrected chi connectivity index (χ4v) is 2.16. The van der Waals surface area contributed by atoms with Crippen LogP contribution in [0.2, 0.25) is 0 Å². The van der Waals surface area contributed by atoms with Crippen LogP contribution in [0.15, 0.2) is 23.1 Å². The quantitative estimate of drug-likeness (QED) is 0.812. The van der Waals surface area contributed by atoms with E-state index < -0.39 is 32.7 Å². The molecule has 1 aromatic rings. The van der Waals surface area contributed by atoms with Crippen LogP contribution in [0.5, 0.6) is 0 Å². The van der Waals surface area contributed by atoms with Crippen LogP contribution < -0.4 is 5.73 Å². The second kappa shape index (κ2) is 4.09. The molecule has 0 aliphatic carbocycles. The van der Waals surface area contributed by atoms with E-state index in [1.807, 2.05) is 0 Å². The molecule has 0 unspecified atom stereocenters. The lowest BCUT2D eigenvalue weighted by molar-refractivity contribution is 0.174. The molecule has 0 aliphatic heterocycles. The van der Waals surface area contributed by atoms with E-state index in [-0.39, 0.29) is 5.69 Å². The summed E-state index contributed by atoms with van der Waals surface area (Å²) < 4.78 is 59.1. The molecule has 84 valence electrons. The van der Waals surface area contributed by atoms with Crippen LogP contribution >= 0.6 is 0 Å². The fraction of sp³-hybridized carbons (Fsp3) is 0.250. The first-order valence-corrected chi connectivity index (χ1v) is 5.53. The molecule has 1 rings (SSSR count). The van der Waals surface area contributed by atoms with Crippen molar-refractivity contribution >= 4 is 15.5 Å². The van der Waals surface area contributed by atoms with Crippen molar-refractivity contribution in [3.8, 4) is 0 Å². The summed E-state index contributed by atoms with van der Waals surface area (Å²) in [4.78, 5) is -0.528. The van der Waals surface area contributed by atoms with Crippen LogP contribution in [-0.4, -0.2) is 20.6 Å². The van der Waals surface area contributed by atoms with Crippen molar-refractivity contribution in [2.45, 2.75) is 11.3 Å². The van der Waals surface area contributed by atoms with Crippen molar-refractivity contribution in [2.75, 3.05) is 11.5 Å². The number of alkyl halides is 2. The summed E-state index contributed by atoms with van der Waals surface area (Å²) in [6.45, 7) is 0. The highest BCUT2D eigenvalue weighted by Gasteiger charge is 2.21. The lowest BCUT2D eigenvalue weighted by Crippen LogP contribution is -2.14. The largest absolute Gasteiger partial charge is 0.399 e. The Balaban J connectivity index is 3.16. The van der Waals surface area contributed by atoms with Gasteiger partial charge in [0.1, 0.15) is 11.6 Å². The smallest absolute Gasteiger partial charge is 0.252 e. The maximum Gasteiger partial charge on any atom is 0.252 e. The second-order valence-corrected chi connectivity index (χ2v) is 4.93. The standard InChI is InChI=1S/C8H8F3NO2S/c9-5-1-6(12)3-7(2-5)15(13,14)4-8(10)11/h1-3,8H,4,12H2. The summed E-state index contributed by atoms with van der Waals surface area (Å²) in [6.07, 6.45) is -3.00. The molecule has 1 aromatic carbocycles. The fourth-order valence-electron chi connectivity index (χ4n) is 1.03. The summed E-state index contributed by atoms with van der Waals surface area (Å²) in [7, 11) is -4.17. The molecule has 0 fully saturated rings. The SMILES string of the molecule is Nc1cc(F)cc(S(=O)(=O)CC(F)F)c1. The highest BCUT2D eigenvalue weighted by atomic mass is 32.2. The van der Waals surface area contributed by atoms with Gasteiger partial charge in [-0.05, 0) is 18.2 Å². The van der Waals surface area contributed by atoms with Gasteiger partial charge in [-0.3, -0.25) is 0 Å².